The van der Waals surface area contributed by atoms with Crippen LogP contribution in [0.1, 0.15) is 27.2 Å². The first-order chi connectivity index (χ1) is 13.4. The number of para-hydroxylation sites is 1. The molecule has 0 radical (unpaired) electrons. The molecule has 5 nitrogen and oxygen atoms in total. The number of carbonyl (C=O) groups is 1. The monoisotopic (exact) mass is 387 g/mol. The first kappa shape index (κ1) is 18.1. The number of hydrogen-bond donors (Lipinski definition) is 1. The van der Waals surface area contributed by atoms with Crippen molar-refractivity contribution < 1.29 is 18.0 Å². The van der Waals surface area contributed by atoms with Gasteiger partial charge >= 0.3 is 6.18 Å². The lowest BCUT2D eigenvalue weighted by atomic mass is 10.0. The number of amides is 1. The molecule has 0 unspecified atom stereocenters. The first-order valence-electron chi connectivity index (χ1n) is 8.70. The molecule has 0 aliphatic carbocycles. The van der Waals surface area contributed by atoms with Crippen LogP contribution < -0.4 is 5.56 Å². The smallest absolute Gasteiger partial charge is 0.334 e. The third-order valence-corrected chi connectivity index (χ3v) is 4.82. The van der Waals surface area contributed by atoms with Crippen LogP contribution >= 0.6 is 0 Å². The molecule has 0 saturated heterocycles. The lowest BCUT2D eigenvalue weighted by Gasteiger charge is -2.27. The van der Waals surface area contributed by atoms with E-state index in [1.165, 1.54) is 27.8 Å². The second kappa shape index (κ2) is 6.70. The van der Waals surface area contributed by atoms with Gasteiger partial charge in [-0.15, -0.1) is 0 Å². The van der Waals surface area contributed by atoms with E-state index in [4.69, 9.17) is 0 Å². The molecule has 0 bridgehead atoms. The van der Waals surface area contributed by atoms with Crippen LogP contribution in [0.5, 0.6) is 0 Å². The molecule has 0 spiro atoms. The zero-order chi connectivity index (χ0) is 19.9. The van der Waals surface area contributed by atoms with Gasteiger partial charge in [0, 0.05) is 18.7 Å². The van der Waals surface area contributed by atoms with Gasteiger partial charge in [-0.3, -0.25) is 14.7 Å². The van der Waals surface area contributed by atoms with Gasteiger partial charge in [-0.05, 0) is 24.3 Å². The number of nitrogens with zero attached hydrogens (tertiary/aromatic N) is 2. The fourth-order valence-corrected chi connectivity index (χ4v) is 3.42. The Hall–Kier alpha value is -3.29. The fraction of sp³-hybridized carbons (Fsp3) is 0.200. The number of H-pyrrole nitrogens is 1. The van der Waals surface area contributed by atoms with Crippen LogP contribution in [-0.2, 0) is 19.1 Å². The largest absolute Gasteiger partial charge is 0.417 e. The molecule has 3 aromatic rings. The molecule has 0 fully saturated rings. The topological polar surface area (TPSA) is 58.1 Å². The fourth-order valence-electron chi connectivity index (χ4n) is 3.42. The van der Waals surface area contributed by atoms with E-state index < -0.39 is 23.2 Å². The number of nitrogens with one attached hydrogen (secondary N) is 1. The van der Waals surface area contributed by atoms with Crippen LogP contribution in [0.25, 0.3) is 5.69 Å². The number of alkyl halides is 3. The molecule has 1 aromatic heterocycles. The van der Waals surface area contributed by atoms with Crippen LogP contribution in [0, 0.1) is 0 Å². The van der Waals surface area contributed by atoms with Crippen LogP contribution in [0.15, 0.2) is 59.4 Å². The van der Waals surface area contributed by atoms with Crippen molar-refractivity contribution in [1.82, 2.24) is 14.7 Å². The second-order valence-corrected chi connectivity index (χ2v) is 6.57. The van der Waals surface area contributed by atoms with Gasteiger partial charge in [-0.1, -0.05) is 30.3 Å². The van der Waals surface area contributed by atoms with Crippen molar-refractivity contribution in [3.05, 3.63) is 87.3 Å². The van der Waals surface area contributed by atoms with Crippen molar-refractivity contribution in [2.45, 2.75) is 19.1 Å². The summed E-state index contributed by atoms with van der Waals surface area (Å²) >= 11 is 0. The summed E-state index contributed by atoms with van der Waals surface area (Å²) in [5, 5.41) is 3.04. The number of aromatic amines is 1. The minimum absolute atomic E-state index is 0.0322. The minimum Gasteiger partial charge on any atom is -0.334 e. The van der Waals surface area contributed by atoms with Crippen molar-refractivity contribution >= 4 is 5.91 Å². The number of benzene rings is 2. The average molecular weight is 387 g/mol. The Morgan fingerprint density at radius 2 is 1.68 bits per heavy atom. The van der Waals surface area contributed by atoms with Crippen molar-refractivity contribution in [1.29, 1.82) is 0 Å². The summed E-state index contributed by atoms with van der Waals surface area (Å²) in [6.45, 7) is 0.197. The molecule has 28 heavy (non-hydrogen) atoms. The van der Waals surface area contributed by atoms with E-state index in [1.54, 1.807) is 24.3 Å². The third kappa shape index (κ3) is 3.11. The molecule has 144 valence electrons. The summed E-state index contributed by atoms with van der Waals surface area (Å²) in [5.74, 6) is -0.731. The van der Waals surface area contributed by atoms with Crippen molar-refractivity contribution in [2.75, 3.05) is 6.54 Å². The summed E-state index contributed by atoms with van der Waals surface area (Å²) in [5.41, 5.74) is 0.0684. The van der Waals surface area contributed by atoms with Crippen LogP contribution in [-0.4, -0.2) is 27.1 Å². The second-order valence-electron chi connectivity index (χ2n) is 6.57. The molecule has 2 aromatic carbocycles. The molecular formula is C20H16F3N3O2. The van der Waals surface area contributed by atoms with Gasteiger partial charge < -0.3 is 4.90 Å². The van der Waals surface area contributed by atoms with E-state index >= 15 is 0 Å². The predicted molar refractivity (Wildman–Crippen MR) is 96.3 cm³/mol. The van der Waals surface area contributed by atoms with E-state index in [2.05, 4.69) is 5.10 Å². The molecule has 0 saturated carbocycles. The Morgan fingerprint density at radius 3 is 2.39 bits per heavy atom. The standard InChI is InChI=1S/C20H16F3N3O2/c21-20(22,23)16-9-5-4-8-14(16)18(27)25-11-10-17-15(12-25)19(28)26(24-17)13-6-2-1-3-7-13/h1-9,24H,10-12H2. The quantitative estimate of drug-likeness (QED) is 0.733. The van der Waals surface area contributed by atoms with Crippen molar-refractivity contribution in [2.24, 2.45) is 0 Å². The van der Waals surface area contributed by atoms with Crippen LogP contribution in [0.3, 0.4) is 0 Å². The predicted octanol–water partition coefficient (Wildman–Crippen LogP) is 3.38. The highest BCUT2D eigenvalue weighted by Gasteiger charge is 2.36. The maximum absolute atomic E-state index is 13.2. The van der Waals surface area contributed by atoms with Gasteiger partial charge in [0.05, 0.1) is 28.9 Å². The van der Waals surface area contributed by atoms with E-state index in [0.717, 1.165) is 6.07 Å². The van der Waals surface area contributed by atoms with Crippen molar-refractivity contribution in [3.8, 4) is 5.69 Å². The molecular weight excluding hydrogens is 371 g/mol. The van der Waals surface area contributed by atoms with Gasteiger partial charge in [0.1, 0.15) is 0 Å². The van der Waals surface area contributed by atoms with Gasteiger partial charge in [0.15, 0.2) is 0 Å². The van der Waals surface area contributed by atoms with Crippen LogP contribution in [0.4, 0.5) is 13.2 Å². The Balaban J connectivity index is 1.66. The number of fused-ring (bicyclic) bond motifs is 1. The summed E-state index contributed by atoms with van der Waals surface area (Å²) in [4.78, 5) is 26.8. The molecule has 1 N–H and O–H groups in total. The molecule has 1 aliphatic heterocycles. The lowest BCUT2D eigenvalue weighted by Crippen LogP contribution is -2.38. The van der Waals surface area contributed by atoms with Gasteiger partial charge in [0.25, 0.3) is 11.5 Å². The SMILES string of the molecule is O=C(c1ccccc1C(F)(F)F)N1CCc2[nH]n(-c3ccccc3)c(=O)c2C1. The zero-order valence-electron chi connectivity index (χ0n) is 14.7. The lowest BCUT2D eigenvalue weighted by molar-refractivity contribution is -0.138. The molecule has 1 aliphatic rings. The van der Waals surface area contributed by atoms with Crippen LogP contribution in [0.2, 0.25) is 0 Å². The number of hydrogen-bond acceptors (Lipinski definition) is 2. The summed E-state index contributed by atoms with van der Waals surface area (Å²) in [7, 11) is 0. The minimum atomic E-state index is -4.62. The van der Waals surface area contributed by atoms with E-state index in [0.29, 0.717) is 23.4 Å². The van der Waals surface area contributed by atoms with E-state index in [9.17, 15) is 22.8 Å². The molecule has 0 atom stereocenters. The maximum Gasteiger partial charge on any atom is 0.417 e. The van der Waals surface area contributed by atoms with Gasteiger partial charge in [-0.25, -0.2) is 4.68 Å². The van der Waals surface area contributed by atoms with E-state index in [-0.39, 0.29) is 18.6 Å². The highest BCUT2D eigenvalue weighted by Crippen LogP contribution is 2.33. The maximum atomic E-state index is 13.2. The van der Waals surface area contributed by atoms with E-state index in [1.807, 2.05) is 6.07 Å². The Kier molecular flexibility index (Phi) is 4.33. The Morgan fingerprint density at radius 1 is 1.00 bits per heavy atom. The third-order valence-electron chi connectivity index (χ3n) is 4.82. The average Bonchev–Trinajstić information content (AvgIpc) is 3.03. The highest BCUT2D eigenvalue weighted by atomic mass is 19.4. The molecule has 8 heteroatoms. The molecule has 2 heterocycles. The molecule has 1 amide bonds. The zero-order valence-corrected chi connectivity index (χ0v) is 14.7. The summed E-state index contributed by atoms with van der Waals surface area (Å²) < 4.78 is 41.1. The Labute approximate surface area is 158 Å². The number of aromatic nitrogens is 2. The summed E-state index contributed by atoms with van der Waals surface area (Å²) in [6, 6.07) is 13.7. The number of carbonyl (C=O) groups excluding carboxylic acids is 1. The normalized spacial score (nSPS) is 14.0. The van der Waals surface area contributed by atoms with Crippen molar-refractivity contribution in [3.63, 3.8) is 0 Å². The number of rotatable bonds is 2. The first-order valence-corrected chi connectivity index (χ1v) is 8.70. The summed E-state index contributed by atoms with van der Waals surface area (Å²) in [6.07, 6.45) is -4.26. The van der Waals surface area contributed by atoms with Gasteiger partial charge in [-0.2, -0.15) is 13.2 Å². The molecule has 4 rings (SSSR count). The van der Waals surface area contributed by atoms with Gasteiger partial charge in [0.2, 0.25) is 0 Å². The Bertz CT molecular complexity index is 1080. The highest BCUT2D eigenvalue weighted by molar-refractivity contribution is 5.96. The number of halogens is 3.